The van der Waals surface area contributed by atoms with Crippen LogP contribution in [0.1, 0.15) is 10.5 Å². The lowest BCUT2D eigenvalue weighted by Gasteiger charge is -2.08. The standard InChI is InChI=1S/C16H16N4O5S/c1-20-12-6-7-25-14(12)8-13(20)16(22)18-9-15(21)19-10-2-4-11(5-3-10)26(17,23)24/h2-8H,9H2,1H3,(H,18,22)(H,19,21)(H2,17,23,24). The van der Waals surface area contributed by atoms with Gasteiger partial charge in [-0.25, -0.2) is 13.6 Å². The summed E-state index contributed by atoms with van der Waals surface area (Å²) in [6.07, 6.45) is 1.53. The number of anilines is 1. The fourth-order valence-electron chi connectivity index (χ4n) is 2.45. The van der Waals surface area contributed by atoms with Crippen LogP contribution in [-0.4, -0.2) is 31.3 Å². The predicted molar refractivity (Wildman–Crippen MR) is 94.0 cm³/mol. The highest BCUT2D eigenvalue weighted by Gasteiger charge is 2.16. The molecule has 26 heavy (non-hydrogen) atoms. The molecule has 10 heteroatoms. The molecular formula is C16H16N4O5S. The van der Waals surface area contributed by atoms with Gasteiger partial charge in [0.2, 0.25) is 15.9 Å². The van der Waals surface area contributed by atoms with E-state index in [1.54, 1.807) is 23.7 Å². The maximum atomic E-state index is 12.2. The van der Waals surface area contributed by atoms with Crippen LogP contribution in [-0.2, 0) is 21.9 Å². The molecule has 2 heterocycles. The second-order valence-electron chi connectivity index (χ2n) is 5.56. The summed E-state index contributed by atoms with van der Waals surface area (Å²) in [7, 11) is -2.07. The van der Waals surface area contributed by atoms with E-state index in [2.05, 4.69) is 10.6 Å². The molecule has 0 aliphatic rings. The van der Waals surface area contributed by atoms with Crippen LogP contribution in [0.5, 0.6) is 0 Å². The van der Waals surface area contributed by atoms with E-state index in [1.807, 2.05) is 0 Å². The molecule has 0 unspecified atom stereocenters. The van der Waals surface area contributed by atoms with Crippen LogP contribution in [0, 0.1) is 0 Å². The number of carbonyl (C=O) groups is 2. The first-order chi connectivity index (χ1) is 12.3. The molecule has 0 bridgehead atoms. The zero-order valence-electron chi connectivity index (χ0n) is 13.7. The number of aryl methyl sites for hydroxylation is 1. The lowest BCUT2D eigenvalue weighted by atomic mass is 10.3. The Kier molecular flexibility index (Phi) is 4.53. The maximum Gasteiger partial charge on any atom is 0.268 e. The highest BCUT2D eigenvalue weighted by atomic mass is 32.2. The van der Waals surface area contributed by atoms with Crippen LogP contribution in [0.3, 0.4) is 0 Å². The largest absolute Gasteiger partial charge is 0.463 e. The van der Waals surface area contributed by atoms with Gasteiger partial charge in [0.1, 0.15) is 5.69 Å². The molecule has 0 radical (unpaired) electrons. The number of fused-ring (bicyclic) bond motifs is 1. The molecule has 0 aliphatic heterocycles. The predicted octanol–water partition coefficient (Wildman–Crippen LogP) is 0.787. The van der Waals surface area contributed by atoms with Crippen molar-refractivity contribution in [2.24, 2.45) is 12.2 Å². The molecule has 3 aromatic rings. The van der Waals surface area contributed by atoms with Crippen molar-refractivity contribution in [3.05, 3.63) is 48.4 Å². The minimum Gasteiger partial charge on any atom is -0.463 e. The van der Waals surface area contributed by atoms with Crippen LogP contribution in [0.4, 0.5) is 5.69 Å². The fourth-order valence-corrected chi connectivity index (χ4v) is 2.97. The van der Waals surface area contributed by atoms with E-state index in [0.717, 1.165) is 5.52 Å². The topological polar surface area (TPSA) is 136 Å². The number of primary sulfonamides is 1. The lowest BCUT2D eigenvalue weighted by molar-refractivity contribution is -0.115. The Hall–Kier alpha value is -3.11. The van der Waals surface area contributed by atoms with Gasteiger partial charge in [0.05, 0.1) is 23.2 Å². The van der Waals surface area contributed by atoms with Crippen molar-refractivity contribution in [3.63, 3.8) is 0 Å². The summed E-state index contributed by atoms with van der Waals surface area (Å²) in [5.74, 6) is -0.877. The number of nitrogens with two attached hydrogens (primary N) is 1. The first kappa shape index (κ1) is 17.7. The molecular weight excluding hydrogens is 360 g/mol. The zero-order valence-corrected chi connectivity index (χ0v) is 14.5. The van der Waals surface area contributed by atoms with E-state index in [1.165, 1.54) is 30.5 Å². The lowest BCUT2D eigenvalue weighted by Crippen LogP contribution is -2.33. The van der Waals surface area contributed by atoms with Gasteiger partial charge in [-0.2, -0.15) is 0 Å². The summed E-state index contributed by atoms with van der Waals surface area (Å²) in [4.78, 5) is 24.1. The summed E-state index contributed by atoms with van der Waals surface area (Å²) >= 11 is 0. The van der Waals surface area contributed by atoms with Crippen molar-refractivity contribution in [1.82, 2.24) is 9.88 Å². The van der Waals surface area contributed by atoms with Crippen molar-refractivity contribution >= 4 is 38.6 Å². The van der Waals surface area contributed by atoms with Crippen LogP contribution in [0.25, 0.3) is 11.1 Å². The summed E-state index contributed by atoms with van der Waals surface area (Å²) in [6, 6.07) is 8.71. The van der Waals surface area contributed by atoms with Gasteiger partial charge in [0.25, 0.3) is 5.91 Å². The summed E-state index contributed by atoms with van der Waals surface area (Å²) in [6.45, 7) is -0.248. The van der Waals surface area contributed by atoms with Crippen LogP contribution in [0.15, 0.2) is 52.0 Å². The molecule has 4 N–H and O–H groups in total. The summed E-state index contributed by atoms with van der Waals surface area (Å²) in [5, 5.41) is 10.1. The molecule has 0 spiro atoms. The van der Waals surface area contributed by atoms with Gasteiger partial charge in [-0.05, 0) is 24.3 Å². The van der Waals surface area contributed by atoms with Crippen LogP contribution >= 0.6 is 0 Å². The van der Waals surface area contributed by atoms with Crippen LogP contribution in [0.2, 0.25) is 0 Å². The number of furan rings is 1. The molecule has 136 valence electrons. The van der Waals surface area contributed by atoms with Gasteiger partial charge in [-0.3, -0.25) is 9.59 Å². The number of amides is 2. The van der Waals surface area contributed by atoms with Crippen molar-refractivity contribution < 1.29 is 22.4 Å². The van der Waals surface area contributed by atoms with E-state index in [-0.39, 0.29) is 11.4 Å². The number of nitrogens with zero attached hydrogens (tertiary/aromatic N) is 1. The smallest absolute Gasteiger partial charge is 0.268 e. The molecule has 2 aromatic heterocycles. The number of hydrogen-bond acceptors (Lipinski definition) is 5. The number of sulfonamides is 1. The summed E-state index contributed by atoms with van der Waals surface area (Å²) < 4.78 is 29.3. The Bertz CT molecular complexity index is 1080. The molecule has 0 aliphatic carbocycles. The highest BCUT2D eigenvalue weighted by Crippen LogP contribution is 2.19. The first-order valence-electron chi connectivity index (χ1n) is 7.49. The quantitative estimate of drug-likeness (QED) is 0.605. The normalized spacial score (nSPS) is 11.5. The fraction of sp³-hybridized carbons (Fsp3) is 0.125. The maximum absolute atomic E-state index is 12.2. The van der Waals surface area contributed by atoms with E-state index in [0.29, 0.717) is 17.0 Å². The molecule has 0 atom stereocenters. The van der Waals surface area contributed by atoms with Gasteiger partial charge >= 0.3 is 0 Å². The van der Waals surface area contributed by atoms with Gasteiger partial charge in [-0.1, -0.05) is 0 Å². The average Bonchev–Trinajstić information content (AvgIpc) is 3.15. The third-order valence-electron chi connectivity index (χ3n) is 3.77. The molecule has 0 saturated heterocycles. The number of rotatable bonds is 5. The second-order valence-corrected chi connectivity index (χ2v) is 7.12. The molecule has 3 rings (SSSR count). The van der Waals surface area contributed by atoms with Crippen molar-refractivity contribution in [1.29, 1.82) is 0 Å². The Morgan fingerprint density at radius 1 is 1.19 bits per heavy atom. The van der Waals surface area contributed by atoms with Crippen LogP contribution < -0.4 is 15.8 Å². The first-order valence-corrected chi connectivity index (χ1v) is 9.04. The number of nitrogens with one attached hydrogen (secondary N) is 2. The minimum atomic E-state index is -3.79. The number of benzene rings is 1. The minimum absolute atomic E-state index is 0.0585. The SMILES string of the molecule is Cn1c(C(=O)NCC(=O)Nc2ccc(S(N)(=O)=O)cc2)cc2occc21. The third-order valence-corrected chi connectivity index (χ3v) is 4.70. The van der Waals surface area contributed by atoms with Crippen molar-refractivity contribution in [2.45, 2.75) is 4.90 Å². The molecule has 0 fully saturated rings. The number of aromatic nitrogens is 1. The number of hydrogen-bond donors (Lipinski definition) is 3. The van der Waals surface area contributed by atoms with E-state index in [4.69, 9.17) is 9.56 Å². The third kappa shape index (κ3) is 3.60. The molecule has 9 nitrogen and oxygen atoms in total. The molecule has 2 amide bonds. The van der Waals surface area contributed by atoms with Crippen molar-refractivity contribution in [3.8, 4) is 0 Å². The van der Waals surface area contributed by atoms with E-state index in [9.17, 15) is 18.0 Å². The van der Waals surface area contributed by atoms with E-state index >= 15 is 0 Å². The summed E-state index contributed by atoms with van der Waals surface area (Å²) in [5.41, 5.74) is 2.10. The van der Waals surface area contributed by atoms with Gasteiger partial charge in [0.15, 0.2) is 5.58 Å². The van der Waals surface area contributed by atoms with Crippen molar-refractivity contribution in [2.75, 3.05) is 11.9 Å². The Morgan fingerprint density at radius 3 is 2.50 bits per heavy atom. The monoisotopic (exact) mass is 376 g/mol. The van der Waals surface area contributed by atoms with Gasteiger partial charge in [-0.15, -0.1) is 0 Å². The number of carbonyl (C=O) groups excluding carboxylic acids is 2. The highest BCUT2D eigenvalue weighted by molar-refractivity contribution is 7.89. The zero-order chi connectivity index (χ0) is 18.9. The second kappa shape index (κ2) is 6.65. The molecule has 0 saturated carbocycles. The Labute approximate surface area is 148 Å². The molecule has 1 aromatic carbocycles. The van der Waals surface area contributed by atoms with Gasteiger partial charge < -0.3 is 19.6 Å². The van der Waals surface area contributed by atoms with Gasteiger partial charge in [0, 0.05) is 24.9 Å². The average molecular weight is 376 g/mol. The Morgan fingerprint density at radius 2 is 1.88 bits per heavy atom. The Balaban J connectivity index is 1.59. The van der Waals surface area contributed by atoms with E-state index < -0.39 is 21.8 Å².